The number of hydrogen-bond acceptors (Lipinski definition) is 1. The molecule has 0 saturated carbocycles. The van der Waals surface area contributed by atoms with Gasteiger partial charge in [-0.05, 0) is 12.8 Å². The van der Waals surface area contributed by atoms with Crippen molar-refractivity contribution in [3.8, 4) is 0 Å². The van der Waals surface area contributed by atoms with E-state index in [2.05, 4.69) is 25.4 Å². The molecule has 0 aliphatic carbocycles. The monoisotopic (exact) mass is 159 g/mol. The van der Waals surface area contributed by atoms with Crippen molar-refractivity contribution in [2.45, 2.75) is 12.8 Å². The van der Waals surface area contributed by atoms with Crippen molar-refractivity contribution in [2.24, 2.45) is 0 Å². The first kappa shape index (κ1) is 7.78. The van der Waals surface area contributed by atoms with Gasteiger partial charge in [-0.15, -0.1) is 0 Å². The van der Waals surface area contributed by atoms with Crippen molar-refractivity contribution in [2.75, 3.05) is 13.2 Å². The first-order valence-electron chi connectivity index (χ1n) is 2.23. The molecule has 0 unspecified atom stereocenters. The van der Waals surface area contributed by atoms with E-state index < -0.39 is 0 Å². The summed E-state index contributed by atoms with van der Waals surface area (Å²) in [6.07, 6.45) is 2.56. The minimum atomic E-state index is 1.00. The van der Waals surface area contributed by atoms with Gasteiger partial charge in [0.1, 0.15) is 0 Å². The van der Waals surface area contributed by atoms with Crippen molar-refractivity contribution < 1.29 is 20.1 Å². The molecule has 1 aliphatic rings. The van der Waals surface area contributed by atoms with Crippen LogP contribution in [0.5, 0.6) is 0 Å². The summed E-state index contributed by atoms with van der Waals surface area (Å²) >= 11 is 2.10. The van der Waals surface area contributed by atoms with Crippen molar-refractivity contribution in [3.63, 3.8) is 0 Å². The molecule has 0 N–H and O–H groups in total. The predicted octanol–water partition coefficient (Wildman–Crippen LogP) is 1.48. The van der Waals surface area contributed by atoms with E-state index in [0.717, 1.165) is 13.2 Å². The van der Waals surface area contributed by atoms with Crippen LogP contribution >= 0.6 is 10.0 Å². The third-order valence-corrected chi connectivity index (χ3v) is 0.827. The Bertz CT molecular complexity index is 23.3. The standard InChI is InChI=1S/C4H8O.ClH.Cr/c1-2-4-5-3-1;;/h1-4H2;1H;/q;;+1/p-1. The van der Waals surface area contributed by atoms with Crippen molar-refractivity contribution in [1.29, 1.82) is 0 Å². The van der Waals surface area contributed by atoms with Crippen LogP contribution in [0.15, 0.2) is 0 Å². The minimum absolute atomic E-state index is 1.00. The van der Waals surface area contributed by atoms with Gasteiger partial charge in [0.25, 0.3) is 0 Å². The van der Waals surface area contributed by atoms with E-state index in [1.54, 1.807) is 0 Å². The third-order valence-electron chi connectivity index (χ3n) is 0.827. The molecule has 1 rings (SSSR count). The van der Waals surface area contributed by atoms with Gasteiger partial charge in [-0.25, -0.2) is 0 Å². The second kappa shape index (κ2) is 6.78. The van der Waals surface area contributed by atoms with E-state index in [9.17, 15) is 0 Å². The first-order chi connectivity index (χ1) is 3.50. The Morgan fingerprint density at radius 1 is 1.14 bits per heavy atom. The molecular weight excluding hydrogens is 151 g/mol. The first-order valence-corrected chi connectivity index (χ1v) is 3.99. The molecule has 0 aromatic carbocycles. The molecule has 0 aromatic rings. The summed E-state index contributed by atoms with van der Waals surface area (Å²) in [5.74, 6) is 0. The van der Waals surface area contributed by atoms with Crippen molar-refractivity contribution in [3.05, 3.63) is 0 Å². The van der Waals surface area contributed by atoms with Crippen LogP contribution in [-0.2, 0) is 20.1 Å². The van der Waals surface area contributed by atoms with Crippen molar-refractivity contribution in [1.82, 2.24) is 0 Å². The van der Waals surface area contributed by atoms with Gasteiger partial charge in [-0.1, -0.05) is 0 Å². The van der Waals surface area contributed by atoms with Gasteiger partial charge in [0.05, 0.1) is 0 Å². The Balaban J connectivity index is 0.000000162. The van der Waals surface area contributed by atoms with E-state index in [1.165, 1.54) is 12.8 Å². The number of halogens is 1. The molecular formula is C4H8ClCrO. The Hall–Kier alpha value is 0.782. The van der Waals surface area contributed by atoms with E-state index >= 15 is 0 Å². The quantitative estimate of drug-likeness (QED) is 0.520. The maximum absolute atomic E-state index is 4.94. The Kier molecular flexibility index (Phi) is 7.54. The average Bonchev–Trinajstić information content (AvgIpc) is 2.23. The second-order valence-corrected chi connectivity index (χ2v) is 1.32. The Labute approximate surface area is 56.6 Å². The van der Waals surface area contributed by atoms with Gasteiger partial charge < -0.3 is 4.74 Å². The zero-order valence-corrected chi connectivity index (χ0v) is 6.05. The number of hydrogen-bond donors (Lipinski definition) is 0. The molecule has 1 heterocycles. The van der Waals surface area contributed by atoms with Gasteiger partial charge in [0.2, 0.25) is 0 Å². The number of ether oxygens (including phenoxy) is 1. The zero-order chi connectivity index (χ0) is 5.54. The summed E-state index contributed by atoms with van der Waals surface area (Å²) in [7, 11) is 4.51. The summed E-state index contributed by atoms with van der Waals surface area (Å²) in [5, 5.41) is 0. The van der Waals surface area contributed by atoms with Gasteiger partial charge in [-0.2, -0.15) is 0 Å². The molecule has 0 amide bonds. The topological polar surface area (TPSA) is 9.23 Å². The van der Waals surface area contributed by atoms with E-state index in [-0.39, 0.29) is 0 Å². The van der Waals surface area contributed by atoms with Crippen LogP contribution in [0.25, 0.3) is 0 Å². The van der Waals surface area contributed by atoms with Crippen LogP contribution in [0.3, 0.4) is 0 Å². The normalized spacial score (nSPS) is 17.9. The Morgan fingerprint density at radius 3 is 1.71 bits per heavy atom. The molecule has 0 bridgehead atoms. The molecule has 1 fully saturated rings. The van der Waals surface area contributed by atoms with Crippen LogP contribution in [0.2, 0.25) is 0 Å². The molecule has 0 radical (unpaired) electrons. The van der Waals surface area contributed by atoms with Gasteiger partial charge >= 0.3 is 25.4 Å². The van der Waals surface area contributed by atoms with E-state index in [4.69, 9.17) is 4.74 Å². The maximum atomic E-state index is 4.94. The van der Waals surface area contributed by atoms with Crippen molar-refractivity contribution >= 4 is 10.0 Å². The molecule has 7 heavy (non-hydrogen) atoms. The molecule has 1 saturated heterocycles. The molecule has 43 valence electrons. The van der Waals surface area contributed by atoms with E-state index in [0.29, 0.717) is 0 Å². The molecule has 0 atom stereocenters. The summed E-state index contributed by atoms with van der Waals surface area (Å²) in [5.41, 5.74) is 0. The fraction of sp³-hybridized carbons (Fsp3) is 1.00. The summed E-state index contributed by atoms with van der Waals surface area (Å²) in [6, 6.07) is 0. The van der Waals surface area contributed by atoms with Gasteiger partial charge in [0, 0.05) is 13.2 Å². The molecule has 0 spiro atoms. The van der Waals surface area contributed by atoms with Crippen LogP contribution in [0.4, 0.5) is 0 Å². The van der Waals surface area contributed by atoms with Crippen LogP contribution in [0.1, 0.15) is 12.8 Å². The summed E-state index contributed by atoms with van der Waals surface area (Å²) in [6.45, 7) is 2.00. The molecule has 0 aromatic heterocycles. The summed E-state index contributed by atoms with van der Waals surface area (Å²) < 4.78 is 4.94. The number of rotatable bonds is 0. The molecule has 1 aliphatic heterocycles. The third kappa shape index (κ3) is 4.64. The van der Waals surface area contributed by atoms with Crippen LogP contribution in [0, 0.1) is 0 Å². The fourth-order valence-electron chi connectivity index (χ4n) is 0.510. The zero-order valence-electron chi connectivity index (χ0n) is 4.02. The molecule has 3 heteroatoms. The summed E-state index contributed by atoms with van der Waals surface area (Å²) in [4.78, 5) is 0. The van der Waals surface area contributed by atoms with Gasteiger partial charge in [-0.3, -0.25) is 0 Å². The SMILES string of the molecule is C1CCOC1.[Cl][Cr]. The van der Waals surface area contributed by atoms with E-state index in [1.807, 2.05) is 0 Å². The second-order valence-electron chi connectivity index (χ2n) is 1.32. The predicted molar refractivity (Wildman–Crippen MR) is 25.9 cm³/mol. The Morgan fingerprint density at radius 2 is 1.57 bits per heavy atom. The van der Waals surface area contributed by atoms with Gasteiger partial charge in [0.15, 0.2) is 0 Å². The average molecular weight is 160 g/mol. The van der Waals surface area contributed by atoms with Crippen LogP contribution < -0.4 is 0 Å². The fourth-order valence-corrected chi connectivity index (χ4v) is 0.510. The van der Waals surface area contributed by atoms with Crippen LogP contribution in [-0.4, -0.2) is 13.2 Å². The molecule has 1 nitrogen and oxygen atoms in total.